The molecule has 2 aromatic rings. The van der Waals surface area contributed by atoms with Crippen LogP contribution in [-0.2, 0) is 6.54 Å². The van der Waals surface area contributed by atoms with E-state index < -0.39 is 0 Å². The molecular weight excluding hydrogens is 302 g/mol. The number of likely N-dealkylation sites (N-methyl/N-ethyl adjacent to an activating group) is 1. The fourth-order valence-electron chi connectivity index (χ4n) is 2.18. The van der Waals surface area contributed by atoms with Gasteiger partial charge in [0.15, 0.2) is 0 Å². The Morgan fingerprint density at radius 2 is 1.50 bits per heavy atom. The highest BCUT2D eigenvalue weighted by atomic mass is 16.2. The molecular formula is C19H23N3O2. The van der Waals surface area contributed by atoms with Gasteiger partial charge in [0.05, 0.1) is 0 Å². The van der Waals surface area contributed by atoms with Gasteiger partial charge in [-0.15, -0.1) is 0 Å². The average Bonchev–Trinajstić information content (AvgIpc) is 2.60. The molecule has 0 atom stereocenters. The van der Waals surface area contributed by atoms with Crippen LogP contribution in [-0.4, -0.2) is 43.9 Å². The lowest BCUT2D eigenvalue weighted by atomic mass is 10.1. The third-order valence-corrected chi connectivity index (χ3v) is 3.53. The van der Waals surface area contributed by atoms with Crippen LogP contribution in [0.25, 0.3) is 0 Å². The van der Waals surface area contributed by atoms with Crippen molar-refractivity contribution in [3.05, 3.63) is 71.3 Å². The number of carbonyl (C=O) groups excluding carboxylic acids is 2. The van der Waals surface area contributed by atoms with Crippen LogP contribution < -0.4 is 10.6 Å². The first-order valence-corrected chi connectivity index (χ1v) is 7.91. The van der Waals surface area contributed by atoms with Crippen LogP contribution in [0.2, 0.25) is 0 Å². The van der Waals surface area contributed by atoms with Crippen LogP contribution in [0.3, 0.4) is 0 Å². The van der Waals surface area contributed by atoms with E-state index in [1.165, 1.54) is 0 Å². The maximum absolute atomic E-state index is 12.2. The molecule has 0 aliphatic heterocycles. The standard InChI is InChI=1S/C19H23N3O2/c1-22(2)12-11-20-18(23)16-9-6-10-17(13-16)19(24)21-14-15-7-4-3-5-8-15/h3-10,13H,11-12,14H2,1-2H3,(H,20,23)(H,21,24). The van der Waals surface area contributed by atoms with Gasteiger partial charge in [-0.25, -0.2) is 0 Å². The molecule has 24 heavy (non-hydrogen) atoms. The first-order chi connectivity index (χ1) is 11.6. The minimum absolute atomic E-state index is 0.172. The van der Waals surface area contributed by atoms with Gasteiger partial charge in [-0.2, -0.15) is 0 Å². The average molecular weight is 325 g/mol. The number of nitrogens with zero attached hydrogens (tertiary/aromatic N) is 1. The lowest BCUT2D eigenvalue weighted by molar-refractivity contribution is 0.0950. The highest BCUT2D eigenvalue weighted by Gasteiger charge is 2.10. The quantitative estimate of drug-likeness (QED) is 0.817. The Labute approximate surface area is 142 Å². The van der Waals surface area contributed by atoms with Gasteiger partial charge in [-0.3, -0.25) is 9.59 Å². The maximum atomic E-state index is 12.2. The smallest absolute Gasteiger partial charge is 0.251 e. The minimum Gasteiger partial charge on any atom is -0.351 e. The van der Waals surface area contributed by atoms with Crippen molar-refractivity contribution < 1.29 is 9.59 Å². The second-order valence-corrected chi connectivity index (χ2v) is 5.81. The molecule has 0 unspecified atom stereocenters. The Morgan fingerprint density at radius 1 is 0.875 bits per heavy atom. The molecule has 2 amide bonds. The van der Waals surface area contributed by atoms with Crippen molar-refractivity contribution in [2.75, 3.05) is 27.2 Å². The van der Waals surface area contributed by atoms with E-state index >= 15 is 0 Å². The topological polar surface area (TPSA) is 61.4 Å². The highest BCUT2D eigenvalue weighted by molar-refractivity contribution is 5.99. The molecule has 2 rings (SSSR count). The van der Waals surface area contributed by atoms with Gasteiger partial charge in [0.25, 0.3) is 11.8 Å². The molecule has 0 saturated heterocycles. The number of benzene rings is 2. The van der Waals surface area contributed by atoms with E-state index in [0.29, 0.717) is 24.2 Å². The summed E-state index contributed by atoms with van der Waals surface area (Å²) in [7, 11) is 3.90. The lowest BCUT2D eigenvalue weighted by Crippen LogP contribution is -2.31. The molecule has 5 heteroatoms. The summed E-state index contributed by atoms with van der Waals surface area (Å²) in [6.45, 7) is 1.79. The zero-order valence-electron chi connectivity index (χ0n) is 14.1. The van der Waals surface area contributed by atoms with Crippen LogP contribution in [0.5, 0.6) is 0 Å². The number of rotatable bonds is 7. The lowest BCUT2D eigenvalue weighted by Gasteiger charge is -2.11. The van der Waals surface area contributed by atoms with Gasteiger partial charge in [0.2, 0.25) is 0 Å². The summed E-state index contributed by atoms with van der Waals surface area (Å²) in [5, 5.41) is 5.70. The fraction of sp³-hybridized carbons (Fsp3) is 0.263. The second-order valence-electron chi connectivity index (χ2n) is 5.81. The van der Waals surface area contributed by atoms with Crippen molar-refractivity contribution in [1.82, 2.24) is 15.5 Å². The van der Waals surface area contributed by atoms with Crippen molar-refractivity contribution in [3.63, 3.8) is 0 Å². The van der Waals surface area contributed by atoms with E-state index in [9.17, 15) is 9.59 Å². The van der Waals surface area contributed by atoms with Crippen molar-refractivity contribution in [2.24, 2.45) is 0 Å². The van der Waals surface area contributed by atoms with Gasteiger partial charge in [0.1, 0.15) is 0 Å². The predicted molar refractivity (Wildman–Crippen MR) is 94.9 cm³/mol. The van der Waals surface area contributed by atoms with Crippen molar-refractivity contribution >= 4 is 11.8 Å². The monoisotopic (exact) mass is 325 g/mol. The Bertz CT molecular complexity index is 684. The second kappa shape index (κ2) is 8.84. The summed E-state index contributed by atoms with van der Waals surface area (Å²) in [5.41, 5.74) is 2.00. The zero-order valence-corrected chi connectivity index (χ0v) is 14.1. The molecule has 0 aliphatic rings. The summed E-state index contributed by atoms with van der Waals surface area (Å²) in [6, 6.07) is 16.5. The third-order valence-electron chi connectivity index (χ3n) is 3.53. The van der Waals surface area contributed by atoms with Gasteiger partial charge >= 0.3 is 0 Å². The summed E-state index contributed by atoms with van der Waals surface area (Å²) in [6.07, 6.45) is 0. The zero-order chi connectivity index (χ0) is 17.4. The largest absolute Gasteiger partial charge is 0.351 e. The molecule has 5 nitrogen and oxygen atoms in total. The molecule has 126 valence electrons. The molecule has 0 saturated carbocycles. The Hall–Kier alpha value is -2.66. The van der Waals surface area contributed by atoms with Crippen LogP contribution in [0.1, 0.15) is 26.3 Å². The highest BCUT2D eigenvalue weighted by Crippen LogP contribution is 2.06. The third kappa shape index (κ3) is 5.52. The van der Waals surface area contributed by atoms with E-state index in [1.807, 2.05) is 49.3 Å². The van der Waals surface area contributed by atoms with Crippen molar-refractivity contribution in [1.29, 1.82) is 0 Å². The summed E-state index contributed by atoms with van der Waals surface area (Å²) in [5.74, 6) is -0.364. The Morgan fingerprint density at radius 3 is 2.12 bits per heavy atom. The van der Waals surface area contributed by atoms with E-state index in [4.69, 9.17) is 0 Å². The first-order valence-electron chi connectivity index (χ1n) is 7.91. The van der Waals surface area contributed by atoms with E-state index in [0.717, 1.165) is 12.1 Å². The molecule has 0 radical (unpaired) electrons. The van der Waals surface area contributed by atoms with Crippen LogP contribution >= 0.6 is 0 Å². The molecule has 0 aromatic heterocycles. The number of hydrogen-bond acceptors (Lipinski definition) is 3. The molecule has 0 aliphatic carbocycles. The van der Waals surface area contributed by atoms with Crippen LogP contribution in [0.4, 0.5) is 0 Å². The van der Waals surface area contributed by atoms with E-state index in [2.05, 4.69) is 10.6 Å². The molecule has 0 bridgehead atoms. The number of carbonyl (C=O) groups is 2. The number of nitrogens with one attached hydrogen (secondary N) is 2. The summed E-state index contributed by atoms with van der Waals surface area (Å²) >= 11 is 0. The molecule has 2 aromatic carbocycles. The summed E-state index contributed by atoms with van der Waals surface area (Å²) < 4.78 is 0. The molecule has 0 heterocycles. The van der Waals surface area contributed by atoms with Crippen LogP contribution in [0, 0.1) is 0 Å². The number of hydrogen-bond donors (Lipinski definition) is 2. The SMILES string of the molecule is CN(C)CCNC(=O)c1cccc(C(=O)NCc2ccccc2)c1. The number of amides is 2. The fourth-order valence-corrected chi connectivity index (χ4v) is 2.18. The van der Waals surface area contributed by atoms with Crippen LogP contribution in [0.15, 0.2) is 54.6 Å². The maximum Gasteiger partial charge on any atom is 0.251 e. The predicted octanol–water partition coefficient (Wildman–Crippen LogP) is 1.91. The van der Waals surface area contributed by atoms with Gasteiger partial charge in [-0.1, -0.05) is 36.4 Å². The Balaban J connectivity index is 1.93. The first kappa shape index (κ1) is 17.7. The van der Waals surface area contributed by atoms with Crippen molar-refractivity contribution in [3.8, 4) is 0 Å². The summed E-state index contributed by atoms with van der Waals surface area (Å²) in [4.78, 5) is 26.4. The van der Waals surface area contributed by atoms with Gasteiger partial charge in [0, 0.05) is 30.8 Å². The molecule has 0 spiro atoms. The normalized spacial score (nSPS) is 10.5. The Kier molecular flexibility index (Phi) is 6.51. The van der Waals surface area contributed by atoms with Gasteiger partial charge < -0.3 is 15.5 Å². The van der Waals surface area contributed by atoms with Gasteiger partial charge in [-0.05, 0) is 37.9 Å². The van der Waals surface area contributed by atoms with Crippen molar-refractivity contribution in [2.45, 2.75) is 6.54 Å². The minimum atomic E-state index is -0.193. The molecule has 0 fully saturated rings. The van der Waals surface area contributed by atoms with E-state index in [-0.39, 0.29) is 11.8 Å². The molecule has 2 N–H and O–H groups in total. The van der Waals surface area contributed by atoms with E-state index in [1.54, 1.807) is 24.3 Å².